The second-order valence-electron chi connectivity index (χ2n) is 7.34. The van der Waals surface area contributed by atoms with E-state index in [1.165, 1.54) is 0 Å². The topological polar surface area (TPSA) is 58.6 Å². The molecule has 2 fully saturated rings. The lowest BCUT2D eigenvalue weighted by Crippen LogP contribution is -2.42. The van der Waals surface area contributed by atoms with Gasteiger partial charge in [0, 0.05) is 25.3 Å². The highest BCUT2D eigenvalue weighted by atomic mass is 16.5. The van der Waals surface area contributed by atoms with Gasteiger partial charge < -0.3 is 15.0 Å². The van der Waals surface area contributed by atoms with E-state index < -0.39 is 6.04 Å². The molecule has 1 heterocycles. The van der Waals surface area contributed by atoms with Gasteiger partial charge in [-0.15, -0.1) is 0 Å². The van der Waals surface area contributed by atoms with Gasteiger partial charge in [0.2, 0.25) is 11.8 Å². The Kier molecular flexibility index (Phi) is 5.74. The van der Waals surface area contributed by atoms with E-state index in [-0.39, 0.29) is 24.0 Å². The standard InChI is InChI=1S/C20H28N2O3/c1-14-11-18(20(24)22(14)16-8-4-3-5-9-16)21-19(23)13-15-7-6-10-17(12-15)25-2/h3-5,8-9,14-15,17-18H,6-7,10-13H2,1-2H3,(H,21,23). The number of methoxy groups -OCH3 is 1. The van der Waals surface area contributed by atoms with Crippen LogP contribution in [-0.4, -0.2) is 37.1 Å². The van der Waals surface area contributed by atoms with Crippen molar-refractivity contribution in [3.63, 3.8) is 0 Å². The molecule has 1 aliphatic heterocycles. The van der Waals surface area contributed by atoms with Crippen molar-refractivity contribution in [2.75, 3.05) is 12.0 Å². The monoisotopic (exact) mass is 344 g/mol. The largest absolute Gasteiger partial charge is 0.381 e. The highest BCUT2D eigenvalue weighted by molar-refractivity contribution is 6.02. The fourth-order valence-electron chi connectivity index (χ4n) is 4.18. The number of nitrogens with one attached hydrogen (secondary N) is 1. The normalized spacial score (nSPS) is 29.7. The van der Waals surface area contributed by atoms with E-state index in [9.17, 15) is 9.59 Å². The molecule has 1 aromatic rings. The van der Waals surface area contributed by atoms with Crippen molar-refractivity contribution in [2.24, 2.45) is 5.92 Å². The summed E-state index contributed by atoms with van der Waals surface area (Å²) in [6.45, 7) is 2.03. The minimum Gasteiger partial charge on any atom is -0.381 e. The molecule has 1 N–H and O–H groups in total. The van der Waals surface area contributed by atoms with Crippen LogP contribution in [0.25, 0.3) is 0 Å². The maximum Gasteiger partial charge on any atom is 0.249 e. The number of carbonyl (C=O) groups excluding carboxylic acids is 2. The van der Waals surface area contributed by atoms with Crippen molar-refractivity contribution in [1.82, 2.24) is 5.32 Å². The zero-order chi connectivity index (χ0) is 17.8. The van der Waals surface area contributed by atoms with Crippen LogP contribution in [0.3, 0.4) is 0 Å². The van der Waals surface area contributed by atoms with E-state index >= 15 is 0 Å². The number of ether oxygens (including phenoxy) is 1. The van der Waals surface area contributed by atoms with E-state index in [0.29, 0.717) is 18.8 Å². The molecule has 5 heteroatoms. The molecule has 3 rings (SSSR count). The molecule has 5 nitrogen and oxygen atoms in total. The smallest absolute Gasteiger partial charge is 0.249 e. The average molecular weight is 344 g/mol. The average Bonchev–Trinajstić information content (AvgIpc) is 2.89. The van der Waals surface area contributed by atoms with Gasteiger partial charge in [0.15, 0.2) is 0 Å². The molecular weight excluding hydrogens is 316 g/mol. The summed E-state index contributed by atoms with van der Waals surface area (Å²) in [7, 11) is 1.74. The lowest BCUT2D eigenvalue weighted by Gasteiger charge is -2.28. The molecule has 0 spiro atoms. The van der Waals surface area contributed by atoms with Gasteiger partial charge in [-0.05, 0) is 50.7 Å². The first-order valence-corrected chi connectivity index (χ1v) is 9.28. The third-order valence-corrected chi connectivity index (χ3v) is 5.46. The predicted molar refractivity (Wildman–Crippen MR) is 97.3 cm³/mol. The summed E-state index contributed by atoms with van der Waals surface area (Å²) in [5.74, 6) is 0.338. The first-order valence-electron chi connectivity index (χ1n) is 9.28. The number of anilines is 1. The molecule has 136 valence electrons. The Balaban J connectivity index is 1.56. The fraction of sp³-hybridized carbons (Fsp3) is 0.600. The van der Waals surface area contributed by atoms with Crippen molar-refractivity contribution in [3.8, 4) is 0 Å². The van der Waals surface area contributed by atoms with Gasteiger partial charge >= 0.3 is 0 Å². The Morgan fingerprint density at radius 2 is 2.00 bits per heavy atom. The predicted octanol–water partition coefficient (Wildman–Crippen LogP) is 2.89. The summed E-state index contributed by atoms with van der Waals surface area (Å²) < 4.78 is 5.44. The van der Waals surface area contributed by atoms with Crippen LogP contribution in [0.1, 0.15) is 45.4 Å². The van der Waals surface area contributed by atoms with Crippen LogP contribution in [0.4, 0.5) is 5.69 Å². The van der Waals surface area contributed by atoms with Crippen LogP contribution in [0.2, 0.25) is 0 Å². The Labute approximate surface area is 149 Å². The van der Waals surface area contributed by atoms with E-state index in [4.69, 9.17) is 4.74 Å². The third kappa shape index (κ3) is 4.21. The second kappa shape index (κ2) is 8.00. The first kappa shape index (κ1) is 17.9. The minimum atomic E-state index is -0.412. The van der Waals surface area contributed by atoms with E-state index in [2.05, 4.69) is 5.32 Å². The van der Waals surface area contributed by atoms with Crippen molar-refractivity contribution >= 4 is 17.5 Å². The second-order valence-corrected chi connectivity index (χ2v) is 7.34. The highest BCUT2D eigenvalue weighted by Crippen LogP contribution is 2.29. The van der Waals surface area contributed by atoms with E-state index in [0.717, 1.165) is 31.4 Å². The Morgan fingerprint density at radius 1 is 1.24 bits per heavy atom. The molecule has 1 saturated carbocycles. The maximum absolute atomic E-state index is 12.7. The van der Waals surface area contributed by atoms with Gasteiger partial charge in [-0.3, -0.25) is 9.59 Å². The SMILES string of the molecule is COC1CCCC(CC(=O)NC2CC(C)N(c3ccccc3)C2=O)C1. The van der Waals surface area contributed by atoms with Gasteiger partial charge in [0.05, 0.1) is 6.10 Å². The van der Waals surface area contributed by atoms with Crippen LogP contribution in [0.5, 0.6) is 0 Å². The summed E-state index contributed by atoms with van der Waals surface area (Å²) in [5, 5.41) is 2.97. The van der Waals surface area contributed by atoms with Gasteiger partial charge in [0.1, 0.15) is 6.04 Å². The molecule has 4 atom stereocenters. The number of benzene rings is 1. The number of amides is 2. The number of hydrogen-bond acceptors (Lipinski definition) is 3. The zero-order valence-corrected chi connectivity index (χ0v) is 15.1. The van der Waals surface area contributed by atoms with Crippen molar-refractivity contribution in [3.05, 3.63) is 30.3 Å². The lowest BCUT2D eigenvalue weighted by molar-refractivity contribution is -0.127. The van der Waals surface area contributed by atoms with Gasteiger partial charge in [-0.1, -0.05) is 24.6 Å². The molecule has 0 aromatic heterocycles. The maximum atomic E-state index is 12.7. The van der Waals surface area contributed by atoms with Crippen LogP contribution in [-0.2, 0) is 14.3 Å². The molecule has 2 amide bonds. The first-order chi connectivity index (χ1) is 12.1. The van der Waals surface area contributed by atoms with Crippen LogP contribution in [0.15, 0.2) is 30.3 Å². The van der Waals surface area contributed by atoms with Gasteiger partial charge in [0.25, 0.3) is 0 Å². The quantitative estimate of drug-likeness (QED) is 0.893. The Morgan fingerprint density at radius 3 is 2.72 bits per heavy atom. The third-order valence-electron chi connectivity index (χ3n) is 5.46. The highest BCUT2D eigenvalue weighted by Gasteiger charge is 2.39. The molecule has 1 aromatic carbocycles. The van der Waals surface area contributed by atoms with Gasteiger partial charge in [-0.2, -0.15) is 0 Å². The van der Waals surface area contributed by atoms with Crippen LogP contribution in [0, 0.1) is 5.92 Å². The summed E-state index contributed by atoms with van der Waals surface area (Å²) >= 11 is 0. The Bertz CT molecular complexity index is 604. The summed E-state index contributed by atoms with van der Waals surface area (Å²) in [6.07, 6.45) is 5.62. The van der Waals surface area contributed by atoms with Crippen molar-refractivity contribution in [1.29, 1.82) is 0 Å². The molecular formula is C20H28N2O3. The van der Waals surface area contributed by atoms with Crippen LogP contribution < -0.4 is 10.2 Å². The molecule has 1 aliphatic carbocycles. The number of hydrogen-bond donors (Lipinski definition) is 1. The van der Waals surface area contributed by atoms with E-state index in [1.807, 2.05) is 37.3 Å². The minimum absolute atomic E-state index is 0.00883. The zero-order valence-electron chi connectivity index (χ0n) is 15.1. The number of rotatable bonds is 5. The van der Waals surface area contributed by atoms with Gasteiger partial charge in [-0.25, -0.2) is 0 Å². The summed E-state index contributed by atoms with van der Waals surface area (Å²) in [5.41, 5.74) is 0.895. The molecule has 1 saturated heterocycles. The number of para-hydroxylation sites is 1. The Hall–Kier alpha value is -1.88. The lowest BCUT2D eigenvalue weighted by atomic mass is 9.85. The van der Waals surface area contributed by atoms with E-state index in [1.54, 1.807) is 12.0 Å². The fourth-order valence-corrected chi connectivity index (χ4v) is 4.18. The van der Waals surface area contributed by atoms with Crippen molar-refractivity contribution in [2.45, 2.75) is 63.6 Å². The molecule has 2 aliphatic rings. The molecule has 4 unspecified atom stereocenters. The van der Waals surface area contributed by atoms with Crippen molar-refractivity contribution < 1.29 is 14.3 Å². The molecule has 0 bridgehead atoms. The summed E-state index contributed by atoms with van der Waals surface area (Å²) in [4.78, 5) is 27.0. The number of carbonyl (C=O) groups is 2. The molecule has 0 radical (unpaired) electrons. The summed E-state index contributed by atoms with van der Waals surface area (Å²) in [6, 6.07) is 9.34. The van der Waals surface area contributed by atoms with Crippen LogP contribution >= 0.6 is 0 Å². The number of nitrogens with zero attached hydrogens (tertiary/aromatic N) is 1. The molecule has 25 heavy (non-hydrogen) atoms.